The standard InChI is InChI=1S/C20H28Br2/c1-13(21)16-10-9-15(11-17(16)14(2)22)18(20(6,7)8)12-19(3,4)5/h9-11,18H,1-2,12H2,3-8H3. The van der Waals surface area contributed by atoms with E-state index in [9.17, 15) is 0 Å². The van der Waals surface area contributed by atoms with Crippen LogP contribution >= 0.6 is 31.9 Å². The first-order valence-corrected chi connectivity index (χ1v) is 9.25. The fraction of sp³-hybridized carbons (Fsp3) is 0.500. The normalized spacial score (nSPS) is 13.8. The van der Waals surface area contributed by atoms with Crippen LogP contribution in [0.1, 0.15) is 70.6 Å². The van der Waals surface area contributed by atoms with Gasteiger partial charge in [0.1, 0.15) is 0 Å². The summed E-state index contributed by atoms with van der Waals surface area (Å²) in [5.41, 5.74) is 4.08. The Labute approximate surface area is 153 Å². The van der Waals surface area contributed by atoms with Crippen LogP contribution in [-0.4, -0.2) is 0 Å². The van der Waals surface area contributed by atoms with Gasteiger partial charge in [0.2, 0.25) is 0 Å². The average Bonchev–Trinajstić information content (AvgIpc) is 2.32. The minimum Gasteiger partial charge on any atom is -0.0841 e. The van der Waals surface area contributed by atoms with Crippen LogP contribution in [0, 0.1) is 10.8 Å². The molecule has 0 aliphatic carbocycles. The molecule has 0 amide bonds. The number of halogens is 2. The molecule has 0 nitrogen and oxygen atoms in total. The molecule has 0 radical (unpaired) electrons. The molecule has 0 aliphatic rings. The average molecular weight is 428 g/mol. The van der Waals surface area contributed by atoms with Gasteiger partial charge in [-0.05, 0) is 45.9 Å². The highest BCUT2D eigenvalue weighted by atomic mass is 79.9. The molecule has 0 aromatic heterocycles. The summed E-state index contributed by atoms with van der Waals surface area (Å²) < 4.78 is 1.78. The Kier molecular flexibility index (Phi) is 6.31. The highest BCUT2D eigenvalue weighted by Gasteiger charge is 2.30. The highest BCUT2D eigenvalue weighted by Crippen LogP contribution is 2.44. The highest BCUT2D eigenvalue weighted by molar-refractivity contribution is 9.15. The van der Waals surface area contributed by atoms with E-state index in [2.05, 4.69) is 105 Å². The van der Waals surface area contributed by atoms with Crippen molar-refractivity contribution in [2.75, 3.05) is 0 Å². The van der Waals surface area contributed by atoms with Crippen molar-refractivity contribution in [3.63, 3.8) is 0 Å². The van der Waals surface area contributed by atoms with Gasteiger partial charge in [0.15, 0.2) is 0 Å². The van der Waals surface area contributed by atoms with Crippen molar-refractivity contribution in [2.45, 2.75) is 53.9 Å². The van der Waals surface area contributed by atoms with Crippen LogP contribution < -0.4 is 0 Å². The molecule has 2 heteroatoms. The molecule has 1 rings (SSSR count). The fourth-order valence-electron chi connectivity index (χ4n) is 2.78. The van der Waals surface area contributed by atoms with Crippen LogP contribution in [-0.2, 0) is 0 Å². The molecule has 1 unspecified atom stereocenters. The van der Waals surface area contributed by atoms with Crippen molar-refractivity contribution in [3.05, 3.63) is 48.0 Å². The van der Waals surface area contributed by atoms with E-state index >= 15 is 0 Å². The minimum absolute atomic E-state index is 0.213. The van der Waals surface area contributed by atoms with E-state index in [4.69, 9.17) is 0 Å². The smallest absolute Gasteiger partial charge is 0.0182 e. The van der Waals surface area contributed by atoms with Crippen LogP contribution in [0.5, 0.6) is 0 Å². The van der Waals surface area contributed by atoms with Gasteiger partial charge in [-0.15, -0.1) is 0 Å². The maximum absolute atomic E-state index is 4.06. The van der Waals surface area contributed by atoms with E-state index < -0.39 is 0 Å². The number of hydrogen-bond donors (Lipinski definition) is 0. The second-order valence-electron chi connectivity index (χ2n) is 8.30. The Morgan fingerprint density at radius 3 is 1.82 bits per heavy atom. The summed E-state index contributed by atoms with van der Waals surface area (Å²) in [7, 11) is 0. The molecule has 0 aliphatic heterocycles. The van der Waals surface area contributed by atoms with Crippen molar-refractivity contribution in [1.82, 2.24) is 0 Å². The molecule has 1 aromatic rings. The first kappa shape index (κ1) is 19.7. The third kappa shape index (κ3) is 5.38. The van der Waals surface area contributed by atoms with E-state index in [1.54, 1.807) is 0 Å². The van der Waals surface area contributed by atoms with Gasteiger partial charge < -0.3 is 0 Å². The topological polar surface area (TPSA) is 0 Å². The third-order valence-corrected chi connectivity index (χ3v) is 4.75. The first-order chi connectivity index (χ1) is 9.83. The molecule has 0 N–H and O–H groups in total. The van der Waals surface area contributed by atoms with Crippen LogP contribution in [0.4, 0.5) is 0 Å². The van der Waals surface area contributed by atoms with Crippen molar-refractivity contribution >= 4 is 40.8 Å². The zero-order valence-electron chi connectivity index (χ0n) is 14.7. The summed E-state index contributed by atoms with van der Waals surface area (Å²) in [6.45, 7) is 22.0. The summed E-state index contributed by atoms with van der Waals surface area (Å²) in [5.74, 6) is 0.496. The van der Waals surface area contributed by atoms with Crippen molar-refractivity contribution in [3.8, 4) is 0 Å². The molecule has 1 aromatic carbocycles. The van der Waals surface area contributed by atoms with Gasteiger partial charge in [-0.25, -0.2) is 0 Å². The van der Waals surface area contributed by atoms with Gasteiger partial charge in [0, 0.05) is 8.96 Å². The van der Waals surface area contributed by atoms with Crippen LogP contribution in [0.25, 0.3) is 8.96 Å². The molecule has 0 bridgehead atoms. The first-order valence-electron chi connectivity index (χ1n) is 7.66. The van der Waals surface area contributed by atoms with Gasteiger partial charge in [0.05, 0.1) is 0 Å². The summed E-state index contributed by atoms with van der Waals surface area (Å²) in [6, 6.07) is 6.65. The molecule has 0 saturated carbocycles. The molecule has 0 saturated heterocycles. The largest absolute Gasteiger partial charge is 0.0841 e. The lowest BCUT2D eigenvalue weighted by molar-refractivity contribution is 0.229. The predicted molar refractivity (Wildman–Crippen MR) is 109 cm³/mol. The van der Waals surface area contributed by atoms with Crippen LogP contribution in [0.2, 0.25) is 0 Å². The maximum atomic E-state index is 4.06. The molecule has 0 heterocycles. The molecular formula is C20H28Br2. The maximum Gasteiger partial charge on any atom is 0.0182 e. The fourth-order valence-corrected chi connectivity index (χ4v) is 3.45. The zero-order valence-corrected chi connectivity index (χ0v) is 17.9. The van der Waals surface area contributed by atoms with E-state index in [1.165, 1.54) is 5.56 Å². The summed E-state index contributed by atoms with van der Waals surface area (Å²) in [6.07, 6.45) is 1.15. The Morgan fingerprint density at radius 2 is 1.45 bits per heavy atom. The van der Waals surface area contributed by atoms with Crippen molar-refractivity contribution in [1.29, 1.82) is 0 Å². The van der Waals surface area contributed by atoms with Gasteiger partial charge in [0.25, 0.3) is 0 Å². The Morgan fingerprint density at radius 1 is 0.955 bits per heavy atom. The lowest BCUT2D eigenvalue weighted by Crippen LogP contribution is -2.24. The summed E-state index contributed by atoms with van der Waals surface area (Å²) in [4.78, 5) is 0. The SMILES string of the molecule is C=C(Br)c1ccc(C(CC(C)(C)C)C(C)(C)C)cc1C(=C)Br. The van der Waals surface area contributed by atoms with Crippen LogP contribution in [0.3, 0.4) is 0 Å². The number of rotatable bonds is 4. The molecule has 0 spiro atoms. The van der Waals surface area contributed by atoms with E-state index in [-0.39, 0.29) is 5.41 Å². The second-order valence-corrected chi connectivity index (χ2v) is 10.2. The second kappa shape index (κ2) is 7.05. The lowest BCUT2D eigenvalue weighted by atomic mass is 9.69. The van der Waals surface area contributed by atoms with Crippen molar-refractivity contribution < 1.29 is 0 Å². The van der Waals surface area contributed by atoms with Gasteiger partial charge in [-0.1, -0.05) is 98.7 Å². The monoisotopic (exact) mass is 426 g/mol. The number of hydrogen-bond acceptors (Lipinski definition) is 0. The van der Waals surface area contributed by atoms with Gasteiger partial charge in [-0.3, -0.25) is 0 Å². The van der Waals surface area contributed by atoms with Crippen LogP contribution in [0.15, 0.2) is 31.4 Å². The Bertz CT molecular complexity index is 568. The summed E-state index contributed by atoms with van der Waals surface area (Å²) in [5, 5.41) is 0. The molecule has 1 atom stereocenters. The Hall–Kier alpha value is -0.340. The number of benzene rings is 1. The zero-order chi connectivity index (χ0) is 17.3. The Balaban J connectivity index is 3.41. The molecule has 122 valence electrons. The van der Waals surface area contributed by atoms with Gasteiger partial charge in [-0.2, -0.15) is 0 Å². The third-order valence-electron chi connectivity index (χ3n) is 3.89. The van der Waals surface area contributed by atoms with Crippen molar-refractivity contribution in [2.24, 2.45) is 10.8 Å². The lowest BCUT2D eigenvalue weighted by Gasteiger charge is -2.36. The minimum atomic E-state index is 0.213. The van der Waals surface area contributed by atoms with E-state index in [0.717, 1.165) is 26.5 Å². The molecular weight excluding hydrogens is 400 g/mol. The molecule has 22 heavy (non-hydrogen) atoms. The predicted octanol–water partition coefficient (Wildman–Crippen LogP) is 7.98. The molecule has 0 fully saturated rings. The van der Waals surface area contributed by atoms with E-state index in [0.29, 0.717) is 11.3 Å². The quantitative estimate of drug-likeness (QED) is 0.456. The summed E-state index contributed by atoms with van der Waals surface area (Å²) >= 11 is 7.04. The van der Waals surface area contributed by atoms with E-state index in [1.807, 2.05) is 0 Å². The van der Waals surface area contributed by atoms with Gasteiger partial charge >= 0.3 is 0 Å².